The summed E-state index contributed by atoms with van der Waals surface area (Å²) in [5, 5.41) is 3.74. The van der Waals surface area contributed by atoms with Crippen molar-refractivity contribution in [1.29, 1.82) is 0 Å². The van der Waals surface area contributed by atoms with Crippen molar-refractivity contribution in [2.75, 3.05) is 7.11 Å². The quantitative estimate of drug-likeness (QED) is 0.862. The van der Waals surface area contributed by atoms with Gasteiger partial charge in [0.2, 0.25) is 0 Å². The van der Waals surface area contributed by atoms with Gasteiger partial charge in [0, 0.05) is 6.54 Å². The second-order valence-electron chi connectivity index (χ2n) is 3.83. The minimum Gasteiger partial charge on any atom is -0.468 e. The number of carbonyl (C=O) groups is 1. The molecule has 0 saturated carbocycles. The summed E-state index contributed by atoms with van der Waals surface area (Å²) in [6.07, 6.45) is 1.53. The zero-order valence-electron chi connectivity index (χ0n) is 10.3. The number of nitrogens with zero attached hydrogens (tertiary/aromatic N) is 1. The molecule has 1 heterocycles. The van der Waals surface area contributed by atoms with Crippen LogP contribution < -0.4 is 5.32 Å². The molecule has 0 radical (unpaired) electrons. The minimum atomic E-state index is -0.595. The molecular weight excluding hydrogens is 284 g/mol. The fraction of sp³-hybridized carbons (Fsp3) is 0.231. The topological polar surface area (TPSA) is 51.2 Å². The maximum Gasteiger partial charge on any atom is 0.330 e. The monoisotopic (exact) mass is 296 g/mol. The van der Waals surface area contributed by atoms with Gasteiger partial charge in [-0.1, -0.05) is 41.9 Å². The minimum absolute atomic E-state index is 0.373. The van der Waals surface area contributed by atoms with Crippen molar-refractivity contribution in [1.82, 2.24) is 10.3 Å². The molecule has 1 N–H and O–H groups in total. The first-order chi connectivity index (χ1) is 9.20. The van der Waals surface area contributed by atoms with Gasteiger partial charge in [0.25, 0.3) is 0 Å². The first-order valence-electron chi connectivity index (χ1n) is 5.67. The van der Waals surface area contributed by atoms with Crippen molar-refractivity contribution in [3.8, 4) is 0 Å². The largest absolute Gasteiger partial charge is 0.468 e. The number of hydrogen-bond donors (Lipinski definition) is 1. The standard InChI is InChI=1S/C13H13ClN2O2S/c1-18-13(17)11(12-16-8-10(14)19-12)15-7-9-5-3-2-4-6-9/h2-6,8,11,15H,7H2,1H3. The van der Waals surface area contributed by atoms with Gasteiger partial charge in [-0.25, -0.2) is 9.78 Å². The van der Waals surface area contributed by atoms with Crippen LogP contribution in [0.4, 0.5) is 0 Å². The lowest BCUT2D eigenvalue weighted by atomic mass is 10.2. The summed E-state index contributed by atoms with van der Waals surface area (Å²) in [6.45, 7) is 0.553. The SMILES string of the molecule is COC(=O)C(NCc1ccccc1)c1ncc(Cl)s1. The van der Waals surface area contributed by atoms with Crippen LogP contribution in [0.2, 0.25) is 4.34 Å². The maximum absolute atomic E-state index is 11.8. The van der Waals surface area contributed by atoms with E-state index in [0.29, 0.717) is 15.9 Å². The molecule has 2 rings (SSSR count). The third kappa shape index (κ3) is 3.76. The molecule has 1 aromatic carbocycles. The van der Waals surface area contributed by atoms with Crippen LogP contribution in [0.1, 0.15) is 16.6 Å². The predicted octanol–water partition coefficient (Wildman–Crippen LogP) is 2.80. The molecule has 0 amide bonds. The molecule has 0 aliphatic carbocycles. The number of carbonyl (C=O) groups excluding carboxylic acids is 1. The van der Waals surface area contributed by atoms with Crippen molar-refractivity contribution in [2.24, 2.45) is 0 Å². The van der Waals surface area contributed by atoms with E-state index in [-0.39, 0.29) is 5.97 Å². The zero-order chi connectivity index (χ0) is 13.7. The number of thiazole rings is 1. The van der Waals surface area contributed by atoms with Gasteiger partial charge in [-0.3, -0.25) is 5.32 Å². The Bertz CT molecular complexity index is 545. The Balaban J connectivity index is 2.09. The van der Waals surface area contributed by atoms with Crippen LogP contribution in [0.15, 0.2) is 36.5 Å². The predicted molar refractivity (Wildman–Crippen MR) is 75.2 cm³/mol. The summed E-state index contributed by atoms with van der Waals surface area (Å²) in [4.78, 5) is 15.9. The van der Waals surface area contributed by atoms with E-state index in [1.807, 2.05) is 30.3 Å². The maximum atomic E-state index is 11.8. The first kappa shape index (κ1) is 14.0. The average molecular weight is 297 g/mol. The third-order valence-corrected chi connectivity index (χ3v) is 3.71. The van der Waals surface area contributed by atoms with Gasteiger partial charge < -0.3 is 4.74 Å². The van der Waals surface area contributed by atoms with E-state index in [0.717, 1.165) is 5.56 Å². The number of halogens is 1. The molecular formula is C13H13ClN2O2S. The van der Waals surface area contributed by atoms with Crippen LogP contribution in [0.5, 0.6) is 0 Å². The Morgan fingerprint density at radius 1 is 1.47 bits per heavy atom. The number of ether oxygens (including phenoxy) is 1. The highest BCUT2D eigenvalue weighted by Crippen LogP contribution is 2.25. The van der Waals surface area contributed by atoms with E-state index in [4.69, 9.17) is 16.3 Å². The van der Waals surface area contributed by atoms with Gasteiger partial charge in [-0.05, 0) is 5.56 Å². The average Bonchev–Trinajstić information content (AvgIpc) is 2.86. The number of rotatable bonds is 5. The summed E-state index contributed by atoms with van der Waals surface area (Å²) in [7, 11) is 1.36. The van der Waals surface area contributed by atoms with Gasteiger partial charge in [-0.2, -0.15) is 0 Å². The van der Waals surface area contributed by atoms with E-state index in [2.05, 4.69) is 10.3 Å². The number of hydrogen-bond acceptors (Lipinski definition) is 5. The second-order valence-corrected chi connectivity index (χ2v) is 5.52. The van der Waals surface area contributed by atoms with Crippen molar-refractivity contribution < 1.29 is 9.53 Å². The third-order valence-electron chi connectivity index (χ3n) is 2.53. The highest BCUT2D eigenvalue weighted by molar-refractivity contribution is 7.16. The molecule has 0 aliphatic heterocycles. The fourth-order valence-electron chi connectivity index (χ4n) is 1.61. The summed E-state index contributed by atoms with van der Waals surface area (Å²) in [5.41, 5.74) is 1.08. The summed E-state index contributed by atoms with van der Waals surface area (Å²) in [5.74, 6) is -0.373. The van der Waals surface area contributed by atoms with Gasteiger partial charge in [0.05, 0.1) is 13.3 Å². The Kier molecular flexibility index (Phi) is 4.90. The Hall–Kier alpha value is -1.43. The van der Waals surface area contributed by atoms with E-state index < -0.39 is 6.04 Å². The molecule has 6 heteroatoms. The lowest BCUT2D eigenvalue weighted by Gasteiger charge is -2.14. The van der Waals surface area contributed by atoms with Gasteiger partial charge >= 0.3 is 5.97 Å². The van der Waals surface area contributed by atoms with Gasteiger partial charge in [0.15, 0.2) is 6.04 Å². The molecule has 0 saturated heterocycles. The molecule has 1 unspecified atom stereocenters. The molecule has 1 aromatic heterocycles. The molecule has 100 valence electrons. The first-order valence-corrected chi connectivity index (χ1v) is 6.86. The van der Waals surface area contributed by atoms with Crippen LogP contribution in [0, 0.1) is 0 Å². The Labute approximate surface area is 120 Å². The van der Waals surface area contributed by atoms with E-state index in [1.54, 1.807) is 0 Å². The lowest BCUT2D eigenvalue weighted by molar-refractivity contribution is -0.143. The molecule has 19 heavy (non-hydrogen) atoms. The number of benzene rings is 1. The molecule has 4 nitrogen and oxygen atoms in total. The lowest BCUT2D eigenvalue weighted by Crippen LogP contribution is -2.29. The normalized spacial score (nSPS) is 12.1. The summed E-state index contributed by atoms with van der Waals surface area (Å²) >= 11 is 7.11. The highest BCUT2D eigenvalue weighted by atomic mass is 35.5. The van der Waals surface area contributed by atoms with Crippen LogP contribution in [0.3, 0.4) is 0 Å². The molecule has 2 aromatic rings. The van der Waals surface area contributed by atoms with E-state index in [9.17, 15) is 4.79 Å². The summed E-state index contributed by atoms with van der Waals surface area (Å²) in [6, 6.07) is 9.21. The molecule has 0 aliphatic rings. The van der Waals surface area contributed by atoms with E-state index >= 15 is 0 Å². The van der Waals surface area contributed by atoms with Crippen LogP contribution in [-0.2, 0) is 16.1 Å². The van der Waals surface area contributed by atoms with Crippen LogP contribution in [-0.4, -0.2) is 18.1 Å². The smallest absolute Gasteiger partial charge is 0.330 e. The van der Waals surface area contributed by atoms with Crippen molar-refractivity contribution in [2.45, 2.75) is 12.6 Å². The second kappa shape index (κ2) is 6.65. The summed E-state index contributed by atoms with van der Waals surface area (Å²) < 4.78 is 5.33. The molecule has 0 spiro atoms. The van der Waals surface area contributed by atoms with Crippen LogP contribution >= 0.6 is 22.9 Å². The van der Waals surface area contributed by atoms with Crippen molar-refractivity contribution in [3.05, 3.63) is 51.4 Å². The van der Waals surface area contributed by atoms with Gasteiger partial charge in [0.1, 0.15) is 9.34 Å². The zero-order valence-corrected chi connectivity index (χ0v) is 11.9. The highest BCUT2D eigenvalue weighted by Gasteiger charge is 2.24. The Morgan fingerprint density at radius 3 is 2.79 bits per heavy atom. The van der Waals surface area contributed by atoms with Crippen molar-refractivity contribution >= 4 is 28.9 Å². The fourth-order valence-corrected chi connectivity index (χ4v) is 2.60. The number of esters is 1. The number of nitrogens with one attached hydrogen (secondary N) is 1. The van der Waals surface area contributed by atoms with E-state index in [1.165, 1.54) is 24.6 Å². The molecule has 0 bridgehead atoms. The van der Waals surface area contributed by atoms with Gasteiger partial charge in [-0.15, -0.1) is 11.3 Å². The molecule has 1 atom stereocenters. The Morgan fingerprint density at radius 2 is 2.21 bits per heavy atom. The molecule has 0 fully saturated rings. The number of methoxy groups -OCH3 is 1. The van der Waals surface area contributed by atoms with Crippen LogP contribution in [0.25, 0.3) is 0 Å². The van der Waals surface area contributed by atoms with Crippen molar-refractivity contribution in [3.63, 3.8) is 0 Å². The number of aromatic nitrogens is 1.